The van der Waals surface area contributed by atoms with E-state index in [4.69, 9.17) is 0 Å². The summed E-state index contributed by atoms with van der Waals surface area (Å²) in [5.74, 6) is 0.925. The molecule has 0 aromatic rings. The van der Waals surface area contributed by atoms with E-state index in [-0.39, 0.29) is 7.43 Å². The third-order valence-corrected chi connectivity index (χ3v) is 1.54. The van der Waals surface area contributed by atoms with Gasteiger partial charge in [-0.15, -0.1) is 0 Å². The zero-order chi connectivity index (χ0) is 5.11. The van der Waals surface area contributed by atoms with Crippen LogP contribution in [0.2, 0.25) is 0 Å². The van der Waals surface area contributed by atoms with E-state index in [0.29, 0.717) is 0 Å². The SMILES string of the molecule is C.C[C@@H]1CCCNC1. The second-order valence-electron chi connectivity index (χ2n) is 2.45. The largest absolute Gasteiger partial charge is 0.316 e. The topological polar surface area (TPSA) is 12.0 Å². The van der Waals surface area contributed by atoms with Crippen molar-refractivity contribution in [2.45, 2.75) is 27.2 Å². The van der Waals surface area contributed by atoms with Gasteiger partial charge in [-0.25, -0.2) is 0 Å². The van der Waals surface area contributed by atoms with Crippen molar-refractivity contribution in [3.63, 3.8) is 0 Å². The van der Waals surface area contributed by atoms with Crippen molar-refractivity contribution in [2.75, 3.05) is 13.1 Å². The average Bonchev–Trinajstić information content (AvgIpc) is 1.69. The van der Waals surface area contributed by atoms with E-state index >= 15 is 0 Å². The zero-order valence-electron chi connectivity index (χ0n) is 4.91. The van der Waals surface area contributed by atoms with Crippen molar-refractivity contribution < 1.29 is 0 Å². The fourth-order valence-corrected chi connectivity index (χ4v) is 1.03. The molecule has 8 heavy (non-hydrogen) atoms. The third-order valence-electron chi connectivity index (χ3n) is 1.54. The highest BCUT2D eigenvalue weighted by Crippen LogP contribution is 2.06. The Kier molecular flexibility index (Phi) is 3.88. The molecule has 50 valence electrons. The van der Waals surface area contributed by atoms with Crippen LogP contribution in [0.5, 0.6) is 0 Å². The summed E-state index contributed by atoms with van der Waals surface area (Å²) in [6, 6.07) is 0. The highest BCUT2D eigenvalue weighted by Gasteiger charge is 2.04. The van der Waals surface area contributed by atoms with Crippen LogP contribution >= 0.6 is 0 Å². The maximum absolute atomic E-state index is 3.33. The Labute approximate surface area is 52.5 Å². The zero-order valence-corrected chi connectivity index (χ0v) is 4.91. The fourth-order valence-electron chi connectivity index (χ4n) is 1.03. The van der Waals surface area contributed by atoms with Crippen LogP contribution in [-0.4, -0.2) is 13.1 Å². The highest BCUT2D eigenvalue weighted by molar-refractivity contribution is 4.63. The molecule has 1 aliphatic heterocycles. The lowest BCUT2D eigenvalue weighted by molar-refractivity contribution is 0.405. The predicted molar refractivity (Wildman–Crippen MR) is 38.0 cm³/mol. The van der Waals surface area contributed by atoms with E-state index < -0.39 is 0 Å². The fraction of sp³-hybridized carbons (Fsp3) is 1.00. The Balaban J connectivity index is 0.000000490. The van der Waals surface area contributed by atoms with Gasteiger partial charge >= 0.3 is 0 Å². The summed E-state index contributed by atoms with van der Waals surface area (Å²) in [6.07, 6.45) is 2.80. The molecule has 0 aromatic heterocycles. The van der Waals surface area contributed by atoms with E-state index in [1.807, 2.05) is 0 Å². The molecule has 1 aliphatic rings. The smallest absolute Gasteiger partial charge is 0.00231 e. The Morgan fingerprint density at radius 2 is 2.25 bits per heavy atom. The van der Waals surface area contributed by atoms with E-state index in [0.717, 1.165) is 5.92 Å². The van der Waals surface area contributed by atoms with Crippen molar-refractivity contribution in [1.29, 1.82) is 0 Å². The van der Waals surface area contributed by atoms with Crippen LogP contribution in [0.4, 0.5) is 0 Å². The first kappa shape index (κ1) is 7.96. The molecule has 0 unspecified atom stereocenters. The van der Waals surface area contributed by atoms with Crippen LogP contribution in [0.1, 0.15) is 27.2 Å². The van der Waals surface area contributed by atoms with Gasteiger partial charge < -0.3 is 5.32 Å². The minimum Gasteiger partial charge on any atom is -0.316 e. The maximum Gasteiger partial charge on any atom is -0.00231 e. The van der Waals surface area contributed by atoms with Crippen molar-refractivity contribution in [3.8, 4) is 0 Å². The number of rotatable bonds is 0. The summed E-state index contributed by atoms with van der Waals surface area (Å²) in [5.41, 5.74) is 0. The quantitative estimate of drug-likeness (QED) is 0.506. The molecule has 1 heteroatoms. The molecule has 0 amide bonds. The molecular weight excluding hydrogens is 98.1 g/mol. The summed E-state index contributed by atoms with van der Waals surface area (Å²) in [5, 5.41) is 3.33. The van der Waals surface area contributed by atoms with Crippen LogP contribution in [0.3, 0.4) is 0 Å². The van der Waals surface area contributed by atoms with Crippen LogP contribution in [0.25, 0.3) is 0 Å². The molecule has 0 aliphatic carbocycles. The molecular formula is C7H17N. The van der Waals surface area contributed by atoms with Gasteiger partial charge in [-0.3, -0.25) is 0 Å². The second kappa shape index (κ2) is 3.90. The summed E-state index contributed by atoms with van der Waals surface area (Å²) in [4.78, 5) is 0. The minimum absolute atomic E-state index is 0. The molecule has 0 aromatic carbocycles. The van der Waals surface area contributed by atoms with Crippen LogP contribution in [0.15, 0.2) is 0 Å². The maximum atomic E-state index is 3.33. The molecule has 1 rings (SSSR count). The number of hydrogen-bond donors (Lipinski definition) is 1. The van der Waals surface area contributed by atoms with Crippen LogP contribution < -0.4 is 5.32 Å². The van der Waals surface area contributed by atoms with Gasteiger partial charge in [-0.2, -0.15) is 0 Å². The molecule has 1 heterocycles. The van der Waals surface area contributed by atoms with Crippen molar-refractivity contribution in [1.82, 2.24) is 5.32 Å². The summed E-state index contributed by atoms with van der Waals surface area (Å²) in [6.45, 7) is 4.77. The van der Waals surface area contributed by atoms with Crippen molar-refractivity contribution in [3.05, 3.63) is 0 Å². The van der Waals surface area contributed by atoms with Gasteiger partial charge in [0.1, 0.15) is 0 Å². The minimum atomic E-state index is 0. The number of nitrogens with one attached hydrogen (secondary N) is 1. The van der Waals surface area contributed by atoms with Gasteiger partial charge in [-0.05, 0) is 31.8 Å². The monoisotopic (exact) mass is 115 g/mol. The lowest BCUT2D eigenvalue weighted by Gasteiger charge is -2.17. The van der Waals surface area contributed by atoms with Gasteiger partial charge in [0.2, 0.25) is 0 Å². The van der Waals surface area contributed by atoms with Gasteiger partial charge in [0.05, 0.1) is 0 Å². The van der Waals surface area contributed by atoms with E-state index in [9.17, 15) is 0 Å². The van der Waals surface area contributed by atoms with Crippen LogP contribution in [-0.2, 0) is 0 Å². The third kappa shape index (κ3) is 2.31. The predicted octanol–water partition coefficient (Wildman–Crippen LogP) is 1.64. The molecule has 1 N–H and O–H groups in total. The van der Waals surface area contributed by atoms with E-state index in [1.54, 1.807) is 0 Å². The molecule has 1 saturated heterocycles. The Bertz CT molecular complexity index is 46.3. The first-order valence-corrected chi connectivity index (χ1v) is 3.10. The number of piperidine rings is 1. The summed E-state index contributed by atoms with van der Waals surface area (Å²) in [7, 11) is 0. The van der Waals surface area contributed by atoms with E-state index in [1.165, 1.54) is 25.9 Å². The molecule has 0 spiro atoms. The van der Waals surface area contributed by atoms with Crippen LogP contribution in [0, 0.1) is 5.92 Å². The molecule has 1 atom stereocenters. The molecule has 1 fully saturated rings. The Morgan fingerprint density at radius 3 is 2.50 bits per heavy atom. The van der Waals surface area contributed by atoms with Gasteiger partial charge in [0.25, 0.3) is 0 Å². The highest BCUT2D eigenvalue weighted by atomic mass is 14.9. The Morgan fingerprint density at radius 1 is 1.50 bits per heavy atom. The first-order valence-electron chi connectivity index (χ1n) is 3.10. The van der Waals surface area contributed by atoms with Gasteiger partial charge in [0.15, 0.2) is 0 Å². The second-order valence-corrected chi connectivity index (χ2v) is 2.45. The normalized spacial score (nSPS) is 28.9. The molecule has 1 nitrogen and oxygen atoms in total. The summed E-state index contributed by atoms with van der Waals surface area (Å²) >= 11 is 0. The van der Waals surface area contributed by atoms with Gasteiger partial charge in [-0.1, -0.05) is 14.4 Å². The molecule has 0 bridgehead atoms. The molecule has 0 radical (unpaired) electrons. The van der Waals surface area contributed by atoms with E-state index in [2.05, 4.69) is 12.2 Å². The lowest BCUT2D eigenvalue weighted by atomic mass is 10.0. The first-order chi connectivity index (χ1) is 3.39. The van der Waals surface area contributed by atoms with Gasteiger partial charge in [0, 0.05) is 0 Å². The lowest BCUT2D eigenvalue weighted by Crippen LogP contribution is -2.27. The standard InChI is InChI=1S/C6H13N.CH4/c1-6-3-2-4-7-5-6;/h6-7H,2-5H2,1H3;1H4/t6-;/m1./s1. The number of hydrogen-bond acceptors (Lipinski definition) is 1. The Hall–Kier alpha value is -0.0400. The van der Waals surface area contributed by atoms with Crippen molar-refractivity contribution >= 4 is 0 Å². The average molecular weight is 115 g/mol. The van der Waals surface area contributed by atoms with Crippen molar-refractivity contribution in [2.24, 2.45) is 5.92 Å². The molecule has 0 saturated carbocycles. The summed E-state index contributed by atoms with van der Waals surface area (Å²) < 4.78 is 0.